The van der Waals surface area contributed by atoms with Gasteiger partial charge in [0, 0.05) is 5.39 Å². The minimum Gasteiger partial charge on any atom is -0.480 e. The van der Waals surface area contributed by atoms with Gasteiger partial charge in [0.2, 0.25) is 0 Å². The van der Waals surface area contributed by atoms with E-state index < -0.39 is 25.0 Å². The number of rotatable bonds is 5. The number of pyridine rings is 1. The Morgan fingerprint density at radius 2 is 1.81 bits per heavy atom. The zero-order valence-electron chi connectivity index (χ0n) is 10.9. The first kappa shape index (κ1) is 14.3. The SMILES string of the molecule is N#Cc1cc(N(CC(=O)O)CC(=O)O)nc2ccccc12. The van der Waals surface area contributed by atoms with Gasteiger partial charge in [0.15, 0.2) is 0 Å². The molecule has 1 aromatic carbocycles. The van der Waals surface area contributed by atoms with Crippen LogP contribution in [-0.4, -0.2) is 40.2 Å². The number of para-hydroxylation sites is 1. The second-order valence-electron chi connectivity index (χ2n) is 4.30. The molecule has 21 heavy (non-hydrogen) atoms. The van der Waals surface area contributed by atoms with Crippen molar-refractivity contribution in [2.24, 2.45) is 0 Å². The summed E-state index contributed by atoms with van der Waals surface area (Å²) in [4.78, 5) is 27.0. The zero-order valence-corrected chi connectivity index (χ0v) is 10.9. The summed E-state index contributed by atoms with van der Waals surface area (Å²) in [6.45, 7) is -1.02. The number of nitrogens with zero attached hydrogens (tertiary/aromatic N) is 3. The Labute approximate surface area is 119 Å². The minimum absolute atomic E-state index is 0.148. The molecule has 7 nitrogen and oxygen atoms in total. The first-order chi connectivity index (χ1) is 10.0. The number of fused-ring (bicyclic) bond motifs is 1. The highest BCUT2D eigenvalue weighted by atomic mass is 16.4. The van der Waals surface area contributed by atoms with Crippen LogP contribution in [-0.2, 0) is 9.59 Å². The van der Waals surface area contributed by atoms with Crippen LogP contribution in [0.2, 0.25) is 0 Å². The number of hydrogen-bond donors (Lipinski definition) is 2. The van der Waals surface area contributed by atoms with Gasteiger partial charge in [-0.3, -0.25) is 9.59 Å². The molecule has 0 radical (unpaired) electrons. The van der Waals surface area contributed by atoms with Crippen LogP contribution in [0.5, 0.6) is 0 Å². The van der Waals surface area contributed by atoms with Gasteiger partial charge in [0.1, 0.15) is 18.9 Å². The number of carboxylic acid groups (broad SMARTS) is 2. The molecule has 0 aliphatic carbocycles. The molecule has 7 heteroatoms. The van der Waals surface area contributed by atoms with Gasteiger partial charge in [-0.05, 0) is 12.1 Å². The molecule has 0 spiro atoms. The average Bonchev–Trinajstić information content (AvgIpc) is 2.44. The van der Waals surface area contributed by atoms with Crippen molar-refractivity contribution in [1.29, 1.82) is 5.26 Å². The van der Waals surface area contributed by atoms with Crippen molar-refractivity contribution in [3.05, 3.63) is 35.9 Å². The number of hydrogen-bond acceptors (Lipinski definition) is 5. The van der Waals surface area contributed by atoms with Crippen molar-refractivity contribution >= 4 is 28.7 Å². The summed E-state index contributed by atoms with van der Waals surface area (Å²) in [7, 11) is 0. The fraction of sp³-hybridized carbons (Fsp3) is 0.143. The number of carboxylic acids is 2. The molecular weight excluding hydrogens is 274 g/mol. The maximum Gasteiger partial charge on any atom is 0.323 e. The van der Waals surface area contributed by atoms with Crippen LogP contribution in [0, 0.1) is 11.3 Å². The largest absolute Gasteiger partial charge is 0.480 e. The number of aromatic nitrogens is 1. The fourth-order valence-electron chi connectivity index (χ4n) is 1.96. The van der Waals surface area contributed by atoms with Crippen LogP contribution in [0.3, 0.4) is 0 Å². The number of nitriles is 1. The third kappa shape index (κ3) is 3.25. The van der Waals surface area contributed by atoms with E-state index >= 15 is 0 Å². The first-order valence-corrected chi connectivity index (χ1v) is 5.99. The van der Waals surface area contributed by atoms with E-state index in [0.717, 1.165) is 4.90 Å². The molecule has 1 heterocycles. The molecule has 0 aliphatic rings. The summed E-state index contributed by atoms with van der Waals surface area (Å²) in [5, 5.41) is 27.6. The van der Waals surface area contributed by atoms with Crippen molar-refractivity contribution in [3.63, 3.8) is 0 Å². The Kier molecular flexibility index (Phi) is 4.00. The number of anilines is 1. The van der Waals surface area contributed by atoms with Crippen LogP contribution in [0.1, 0.15) is 5.56 Å². The summed E-state index contributed by atoms with van der Waals surface area (Å²) in [5.41, 5.74) is 0.823. The smallest absolute Gasteiger partial charge is 0.323 e. The summed E-state index contributed by atoms with van der Waals surface area (Å²) in [6, 6.07) is 10.3. The van der Waals surface area contributed by atoms with Crippen molar-refractivity contribution in [1.82, 2.24) is 4.98 Å². The summed E-state index contributed by atoms with van der Waals surface area (Å²) < 4.78 is 0. The van der Waals surface area contributed by atoms with E-state index in [0.29, 0.717) is 16.5 Å². The Bertz CT molecular complexity index is 735. The Morgan fingerprint density at radius 3 is 2.38 bits per heavy atom. The maximum absolute atomic E-state index is 10.9. The average molecular weight is 285 g/mol. The highest BCUT2D eigenvalue weighted by Gasteiger charge is 2.17. The molecule has 2 N–H and O–H groups in total. The standard InChI is InChI=1S/C14H11N3O4/c15-6-9-5-12(16-11-4-2-1-3-10(9)11)17(7-13(18)19)8-14(20)21/h1-5H,7-8H2,(H,18,19)(H,20,21). The summed E-state index contributed by atoms with van der Waals surface area (Å²) in [6.07, 6.45) is 0. The molecule has 0 saturated carbocycles. The second-order valence-corrected chi connectivity index (χ2v) is 4.30. The van der Waals surface area contributed by atoms with Crippen LogP contribution in [0.15, 0.2) is 30.3 Å². The topological polar surface area (TPSA) is 115 Å². The molecule has 2 aromatic rings. The summed E-state index contributed by atoms with van der Waals surface area (Å²) in [5.74, 6) is -2.20. The van der Waals surface area contributed by atoms with Crippen LogP contribution in [0.25, 0.3) is 10.9 Å². The zero-order chi connectivity index (χ0) is 15.4. The molecule has 0 unspecified atom stereocenters. The molecule has 0 saturated heterocycles. The minimum atomic E-state index is -1.18. The first-order valence-electron chi connectivity index (χ1n) is 5.99. The molecule has 0 fully saturated rings. The molecule has 106 valence electrons. The number of carbonyl (C=O) groups is 2. The lowest BCUT2D eigenvalue weighted by molar-refractivity contribution is -0.136. The van der Waals surface area contributed by atoms with E-state index in [2.05, 4.69) is 4.98 Å². The molecule has 1 aromatic heterocycles. The quantitative estimate of drug-likeness (QED) is 0.844. The molecule has 0 amide bonds. The van der Waals surface area contributed by atoms with Crippen LogP contribution >= 0.6 is 0 Å². The van der Waals surface area contributed by atoms with E-state index in [4.69, 9.17) is 10.2 Å². The van der Waals surface area contributed by atoms with E-state index in [9.17, 15) is 14.9 Å². The van der Waals surface area contributed by atoms with Crippen LogP contribution < -0.4 is 4.90 Å². The lowest BCUT2D eigenvalue weighted by Gasteiger charge is -2.20. The predicted molar refractivity (Wildman–Crippen MR) is 73.9 cm³/mol. The van der Waals surface area contributed by atoms with Gasteiger partial charge in [-0.1, -0.05) is 18.2 Å². The van der Waals surface area contributed by atoms with Crippen molar-refractivity contribution in [2.75, 3.05) is 18.0 Å². The van der Waals surface area contributed by atoms with E-state index in [1.807, 2.05) is 6.07 Å². The Morgan fingerprint density at radius 1 is 1.19 bits per heavy atom. The maximum atomic E-state index is 10.9. The highest BCUT2D eigenvalue weighted by molar-refractivity contribution is 5.87. The third-order valence-corrected chi connectivity index (χ3v) is 2.80. The summed E-state index contributed by atoms with van der Waals surface area (Å²) >= 11 is 0. The number of aliphatic carboxylic acids is 2. The Balaban J connectivity index is 2.54. The van der Waals surface area contributed by atoms with Gasteiger partial charge in [-0.2, -0.15) is 5.26 Å². The van der Waals surface area contributed by atoms with Gasteiger partial charge in [-0.15, -0.1) is 0 Å². The predicted octanol–water partition coefficient (Wildman–Crippen LogP) is 1.08. The monoisotopic (exact) mass is 285 g/mol. The molecule has 2 rings (SSSR count). The molecular formula is C14H11N3O4. The lowest BCUT2D eigenvalue weighted by Crippen LogP contribution is -2.35. The normalized spacial score (nSPS) is 10.0. The molecule has 0 bridgehead atoms. The van der Waals surface area contributed by atoms with Gasteiger partial charge >= 0.3 is 11.9 Å². The third-order valence-electron chi connectivity index (χ3n) is 2.80. The van der Waals surface area contributed by atoms with E-state index in [1.165, 1.54) is 6.07 Å². The highest BCUT2D eigenvalue weighted by Crippen LogP contribution is 2.22. The number of benzene rings is 1. The second kappa shape index (κ2) is 5.88. The van der Waals surface area contributed by atoms with Gasteiger partial charge in [-0.25, -0.2) is 4.98 Å². The van der Waals surface area contributed by atoms with E-state index in [-0.39, 0.29) is 5.82 Å². The van der Waals surface area contributed by atoms with Gasteiger partial charge < -0.3 is 15.1 Å². The molecule has 0 atom stereocenters. The van der Waals surface area contributed by atoms with Crippen molar-refractivity contribution in [3.8, 4) is 6.07 Å². The van der Waals surface area contributed by atoms with Crippen LogP contribution in [0.4, 0.5) is 5.82 Å². The molecule has 0 aliphatic heterocycles. The fourth-order valence-corrected chi connectivity index (χ4v) is 1.96. The van der Waals surface area contributed by atoms with Crippen molar-refractivity contribution < 1.29 is 19.8 Å². The van der Waals surface area contributed by atoms with Gasteiger partial charge in [0.05, 0.1) is 17.1 Å². The van der Waals surface area contributed by atoms with Gasteiger partial charge in [0.25, 0.3) is 0 Å². The van der Waals surface area contributed by atoms with E-state index in [1.54, 1.807) is 24.3 Å². The Hall–Kier alpha value is -3.14. The lowest BCUT2D eigenvalue weighted by atomic mass is 10.1. The van der Waals surface area contributed by atoms with Crippen molar-refractivity contribution in [2.45, 2.75) is 0 Å².